The van der Waals surface area contributed by atoms with Crippen molar-refractivity contribution in [2.45, 2.75) is 78.0 Å². The summed E-state index contributed by atoms with van der Waals surface area (Å²) in [5.74, 6) is 0.717. The van der Waals surface area contributed by atoms with Gasteiger partial charge in [-0.25, -0.2) is 0 Å². The quantitative estimate of drug-likeness (QED) is 0.801. The van der Waals surface area contributed by atoms with E-state index in [1.54, 1.807) is 0 Å². The van der Waals surface area contributed by atoms with Gasteiger partial charge in [0.05, 0.1) is 6.10 Å². The summed E-state index contributed by atoms with van der Waals surface area (Å²) in [6, 6.07) is 0.559. The summed E-state index contributed by atoms with van der Waals surface area (Å²) < 4.78 is 0. The Kier molecular flexibility index (Phi) is 4.81. The molecule has 0 aromatic carbocycles. The van der Waals surface area contributed by atoms with Gasteiger partial charge in [-0.05, 0) is 58.9 Å². The van der Waals surface area contributed by atoms with E-state index in [4.69, 9.17) is 0 Å². The summed E-state index contributed by atoms with van der Waals surface area (Å²) in [5, 5.41) is 9.85. The Morgan fingerprint density at radius 2 is 1.88 bits per heavy atom. The van der Waals surface area contributed by atoms with Gasteiger partial charge in [-0.1, -0.05) is 13.8 Å². The van der Waals surface area contributed by atoms with Gasteiger partial charge in [0.25, 0.3) is 0 Å². The summed E-state index contributed by atoms with van der Waals surface area (Å²) in [7, 11) is 0. The second-order valence-corrected chi connectivity index (χ2v) is 6.38. The largest absolute Gasteiger partial charge is 0.393 e. The predicted octanol–water partition coefficient (Wildman–Crippen LogP) is 3.05. The number of nitrogens with zero attached hydrogens (tertiary/aromatic N) is 1. The third-order valence-electron chi connectivity index (χ3n) is 3.85. The highest BCUT2D eigenvalue weighted by atomic mass is 16.3. The second kappa shape index (κ2) is 5.50. The zero-order valence-corrected chi connectivity index (χ0v) is 11.7. The minimum atomic E-state index is -0.0806. The lowest BCUT2D eigenvalue weighted by atomic mass is 9.81. The van der Waals surface area contributed by atoms with Gasteiger partial charge in [-0.3, -0.25) is 4.90 Å². The van der Waals surface area contributed by atoms with Crippen LogP contribution in [0.1, 0.15) is 60.3 Å². The van der Waals surface area contributed by atoms with Gasteiger partial charge in [-0.15, -0.1) is 0 Å². The van der Waals surface area contributed by atoms with Crippen LogP contribution < -0.4 is 0 Å². The van der Waals surface area contributed by atoms with Gasteiger partial charge in [0, 0.05) is 11.6 Å². The van der Waals surface area contributed by atoms with Crippen molar-refractivity contribution in [1.82, 2.24) is 4.90 Å². The lowest BCUT2D eigenvalue weighted by Crippen LogP contribution is -2.53. The number of aliphatic hydroxyl groups excluding tert-OH is 1. The average molecular weight is 227 g/mol. The van der Waals surface area contributed by atoms with E-state index in [9.17, 15) is 5.11 Å². The minimum Gasteiger partial charge on any atom is -0.393 e. The molecule has 1 rings (SSSR count). The smallest absolute Gasteiger partial charge is 0.0555 e. The Morgan fingerprint density at radius 1 is 1.25 bits per heavy atom. The molecule has 0 heterocycles. The van der Waals surface area contributed by atoms with Crippen LogP contribution in [-0.2, 0) is 0 Å². The molecule has 0 aromatic rings. The Bertz CT molecular complexity index is 209. The first-order chi connectivity index (χ1) is 7.36. The third-order valence-corrected chi connectivity index (χ3v) is 3.85. The normalized spacial score (nSPS) is 32.1. The van der Waals surface area contributed by atoms with Crippen molar-refractivity contribution < 1.29 is 5.11 Å². The topological polar surface area (TPSA) is 23.5 Å². The van der Waals surface area contributed by atoms with Gasteiger partial charge in [0.15, 0.2) is 0 Å². The Morgan fingerprint density at radius 3 is 2.38 bits per heavy atom. The first-order valence-electron chi connectivity index (χ1n) is 6.81. The third kappa shape index (κ3) is 3.46. The fraction of sp³-hybridized carbons (Fsp3) is 1.00. The molecule has 1 aliphatic carbocycles. The standard InChI is InChI=1S/C14H29NO/c1-6-9-15(14(3,4)5)13-10-12(16)8-7-11(13)2/h11-13,16H,6-10H2,1-5H3. The molecule has 2 heteroatoms. The fourth-order valence-corrected chi connectivity index (χ4v) is 2.95. The number of aliphatic hydroxyl groups is 1. The van der Waals surface area contributed by atoms with Gasteiger partial charge >= 0.3 is 0 Å². The van der Waals surface area contributed by atoms with Crippen molar-refractivity contribution >= 4 is 0 Å². The SMILES string of the molecule is CCCN(C1CC(O)CCC1C)C(C)(C)C. The fourth-order valence-electron chi connectivity index (χ4n) is 2.95. The van der Waals surface area contributed by atoms with Crippen LogP contribution in [0.15, 0.2) is 0 Å². The summed E-state index contributed by atoms with van der Waals surface area (Å²) in [4.78, 5) is 2.60. The van der Waals surface area contributed by atoms with E-state index in [2.05, 4.69) is 39.5 Å². The highest BCUT2D eigenvalue weighted by molar-refractivity contribution is 4.90. The molecule has 1 fully saturated rings. The van der Waals surface area contributed by atoms with Gasteiger partial charge in [0.1, 0.15) is 0 Å². The molecular weight excluding hydrogens is 198 g/mol. The van der Waals surface area contributed by atoms with Crippen molar-refractivity contribution in [3.63, 3.8) is 0 Å². The van der Waals surface area contributed by atoms with E-state index < -0.39 is 0 Å². The van der Waals surface area contributed by atoms with Crippen molar-refractivity contribution in [3.05, 3.63) is 0 Å². The summed E-state index contributed by atoms with van der Waals surface area (Å²) in [6.07, 6.45) is 4.22. The Hall–Kier alpha value is -0.0800. The van der Waals surface area contributed by atoms with Crippen LogP contribution in [0.5, 0.6) is 0 Å². The lowest BCUT2D eigenvalue weighted by Gasteiger charge is -2.47. The van der Waals surface area contributed by atoms with Crippen molar-refractivity contribution in [1.29, 1.82) is 0 Å². The van der Waals surface area contributed by atoms with E-state index in [0.29, 0.717) is 12.0 Å². The molecule has 96 valence electrons. The van der Waals surface area contributed by atoms with Crippen LogP contribution in [0.25, 0.3) is 0 Å². The minimum absolute atomic E-state index is 0.0806. The van der Waals surface area contributed by atoms with Crippen LogP contribution >= 0.6 is 0 Å². The number of rotatable bonds is 3. The molecule has 0 spiro atoms. The molecular formula is C14H29NO. The Balaban J connectivity index is 2.75. The molecule has 1 aliphatic rings. The van der Waals surface area contributed by atoms with Gasteiger partial charge < -0.3 is 5.11 Å². The van der Waals surface area contributed by atoms with Crippen LogP contribution in [-0.4, -0.2) is 34.2 Å². The molecule has 3 unspecified atom stereocenters. The van der Waals surface area contributed by atoms with Gasteiger partial charge in [-0.2, -0.15) is 0 Å². The molecule has 0 aliphatic heterocycles. The van der Waals surface area contributed by atoms with Crippen LogP contribution in [0.3, 0.4) is 0 Å². The summed E-state index contributed by atoms with van der Waals surface area (Å²) >= 11 is 0. The molecule has 0 saturated heterocycles. The monoisotopic (exact) mass is 227 g/mol. The molecule has 1 N–H and O–H groups in total. The van der Waals surface area contributed by atoms with Crippen molar-refractivity contribution in [3.8, 4) is 0 Å². The summed E-state index contributed by atoms with van der Waals surface area (Å²) in [6.45, 7) is 12.6. The molecule has 1 saturated carbocycles. The van der Waals surface area contributed by atoms with E-state index >= 15 is 0 Å². The van der Waals surface area contributed by atoms with Gasteiger partial charge in [0.2, 0.25) is 0 Å². The predicted molar refractivity (Wildman–Crippen MR) is 69.6 cm³/mol. The second-order valence-electron chi connectivity index (χ2n) is 6.38. The molecule has 0 radical (unpaired) electrons. The van der Waals surface area contributed by atoms with Crippen LogP contribution in [0, 0.1) is 5.92 Å². The van der Waals surface area contributed by atoms with E-state index in [1.165, 1.54) is 12.8 Å². The molecule has 0 bridgehead atoms. The highest BCUT2D eigenvalue weighted by Gasteiger charge is 2.35. The lowest BCUT2D eigenvalue weighted by molar-refractivity contribution is -0.0101. The molecule has 0 amide bonds. The number of hydrogen-bond donors (Lipinski definition) is 1. The zero-order valence-electron chi connectivity index (χ0n) is 11.7. The molecule has 16 heavy (non-hydrogen) atoms. The molecule has 0 aromatic heterocycles. The van der Waals surface area contributed by atoms with Crippen molar-refractivity contribution in [2.24, 2.45) is 5.92 Å². The maximum absolute atomic E-state index is 9.85. The van der Waals surface area contributed by atoms with E-state index in [1.807, 2.05) is 0 Å². The van der Waals surface area contributed by atoms with E-state index in [0.717, 1.165) is 19.4 Å². The molecule has 3 atom stereocenters. The maximum atomic E-state index is 9.85. The maximum Gasteiger partial charge on any atom is 0.0555 e. The van der Waals surface area contributed by atoms with Crippen molar-refractivity contribution in [2.75, 3.05) is 6.54 Å². The highest BCUT2D eigenvalue weighted by Crippen LogP contribution is 2.32. The zero-order chi connectivity index (χ0) is 12.3. The van der Waals surface area contributed by atoms with Crippen LogP contribution in [0.2, 0.25) is 0 Å². The first kappa shape index (κ1) is 14.0. The van der Waals surface area contributed by atoms with Crippen LogP contribution in [0.4, 0.5) is 0 Å². The Labute approximate surface area is 101 Å². The van der Waals surface area contributed by atoms with E-state index in [-0.39, 0.29) is 11.6 Å². The first-order valence-corrected chi connectivity index (χ1v) is 6.81. The summed E-state index contributed by atoms with van der Waals surface area (Å²) in [5.41, 5.74) is 0.214. The molecule has 2 nitrogen and oxygen atoms in total. The number of hydrogen-bond acceptors (Lipinski definition) is 2. The average Bonchev–Trinajstić information content (AvgIpc) is 2.17.